The van der Waals surface area contributed by atoms with E-state index in [2.05, 4.69) is 0 Å². The summed E-state index contributed by atoms with van der Waals surface area (Å²) in [6.45, 7) is 0.943. The lowest BCUT2D eigenvalue weighted by Crippen LogP contribution is -2.60. The zero-order valence-corrected chi connectivity index (χ0v) is 5.87. The number of likely N-dealkylation sites (tertiary alicyclic amines) is 1. The zero-order valence-electron chi connectivity index (χ0n) is 5.87. The Balaban J connectivity index is 2.34. The van der Waals surface area contributed by atoms with Gasteiger partial charge < -0.3 is 15.1 Å². The highest BCUT2D eigenvalue weighted by Crippen LogP contribution is 2.21. The highest BCUT2D eigenvalue weighted by atomic mass is 16.4. The van der Waals surface area contributed by atoms with Gasteiger partial charge >= 0.3 is 5.97 Å². The summed E-state index contributed by atoms with van der Waals surface area (Å²) in [4.78, 5) is 12.0. The largest absolute Gasteiger partial charge is 0.481 e. The van der Waals surface area contributed by atoms with Crippen LogP contribution in [-0.2, 0) is 4.79 Å². The molecule has 0 unspecified atom stereocenters. The van der Waals surface area contributed by atoms with Gasteiger partial charge in [0.15, 0.2) is 0 Å². The van der Waals surface area contributed by atoms with Crippen molar-refractivity contribution in [1.82, 2.24) is 4.90 Å². The Hall–Kier alpha value is -0.610. The van der Waals surface area contributed by atoms with Crippen molar-refractivity contribution in [2.75, 3.05) is 20.1 Å². The summed E-state index contributed by atoms with van der Waals surface area (Å²) >= 11 is 0. The predicted octanol–water partition coefficient (Wildman–Crippen LogP) is -0.862. The van der Waals surface area contributed by atoms with Gasteiger partial charge in [-0.3, -0.25) is 4.79 Å². The summed E-state index contributed by atoms with van der Waals surface area (Å²) in [7, 11) is 1.84. The number of likely N-dealkylation sites (N-methyl/N-ethyl adjacent to an activating group) is 1. The van der Waals surface area contributed by atoms with Gasteiger partial charge in [0, 0.05) is 13.1 Å². The first kappa shape index (κ1) is 7.50. The summed E-state index contributed by atoms with van der Waals surface area (Å²) in [5.41, 5.74) is -0.958. The second-order valence-electron chi connectivity index (χ2n) is 2.97. The summed E-state index contributed by atoms with van der Waals surface area (Å²) in [6.07, 6.45) is -0.142. The van der Waals surface area contributed by atoms with Crippen LogP contribution in [0.15, 0.2) is 0 Å². The van der Waals surface area contributed by atoms with Crippen LogP contribution in [0.1, 0.15) is 6.42 Å². The topological polar surface area (TPSA) is 60.8 Å². The van der Waals surface area contributed by atoms with E-state index < -0.39 is 11.6 Å². The van der Waals surface area contributed by atoms with Crippen molar-refractivity contribution in [3.63, 3.8) is 0 Å². The normalized spacial score (nSPS) is 23.8. The SMILES string of the molecule is CN1CC(O)(CC(=O)O)C1. The lowest BCUT2D eigenvalue weighted by molar-refractivity contribution is -0.151. The van der Waals surface area contributed by atoms with Crippen molar-refractivity contribution >= 4 is 5.97 Å². The first-order chi connectivity index (χ1) is 4.52. The fraction of sp³-hybridized carbons (Fsp3) is 0.833. The van der Waals surface area contributed by atoms with Crippen molar-refractivity contribution < 1.29 is 15.0 Å². The van der Waals surface area contributed by atoms with Crippen LogP contribution in [0.4, 0.5) is 0 Å². The molecule has 0 aromatic heterocycles. The van der Waals surface area contributed by atoms with Crippen LogP contribution >= 0.6 is 0 Å². The van der Waals surface area contributed by atoms with E-state index in [0.717, 1.165) is 0 Å². The van der Waals surface area contributed by atoms with E-state index >= 15 is 0 Å². The second-order valence-corrected chi connectivity index (χ2v) is 2.97. The van der Waals surface area contributed by atoms with Gasteiger partial charge in [-0.2, -0.15) is 0 Å². The summed E-state index contributed by atoms with van der Waals surface area (Å²) in [5.74, 6) is -0.935. The Morgan fingerprint density at radius 1 is 1.70 bits per heavy atom. The van der Waals surface area contributed by atoms with Crippen LogP contribution in [-0.4, -0.2) is 46.8 Å². The van der Waals surface area contributed by atoms with E-state index in [1.807, 2.05) is 11.9 Å². The van der Waals surface area contributed by atoms with Gasteiger partial charge in [-0.05, 0) is 7.05 Å². The smallest absolute Gasteiger partial charge is 0.306 e. The van der Waals surface area contributed by atoms with E-state index in [1.54, 1.807) is 0 Å². The lowest BCUT2D eigenvalue weighted by Gasteiger charge is -2.43. The zero-order chi connectivity index (χ0) is 7.78. The number of hydrogen-bond acceptors (Lipinski definition) is 3. The lowest BCUT2D eigenvalue weighted by atomic mass is 9.91. The van der Waals surface area contributed by atoms with Crippen molar-refractivity contribution in [2.45, 2.75) is 12.0 Å². The van der Waals surface area contributed by atoms with E-state index in [0.29, 0.717) is 13.1 Å². The summed E-state index contributed by atoms with van der Waals surface area (Å²) < 4.78 is 0. The van der Waals surface area contributed by atoms with Gasteiger partial charge in [0.1, 0.15) is 5.60 Å². The van der Waals surface area contributed by atoms with Crippen LogP contribution in [0.2, 0.25) is 0 Å². The number of aliphatic carboxylic acids is 1. The first-order valence-corrected chi connectivity index (χ1v) is 3.15. The standard InChI is InChI=1S/C6H11NO3/c1-7-3-6(10,4-7)2-5(8)9/h10H,2-4H2,1H3,(H,8,9). The molecule has 4 nitrogen and oxygen atoms in total. The van der Waals surface area contributed by atoms with Crippen molar-refractivity contribution in [3.05, 3.63) is 0 Å². The first-order valence-electron chi connectivity index (χ1n) is 3.15. The van der Waals surface area contributed by atoms with Crippen LogP contribution in [0.25, 0.3) is 0 Å². The van der Waals surface area contributed by atoms with Crippen LogP contribution in [0.5, 0.6) is 0 Å². The average molecular weight is 145 g/mol. The molecule has 1 saturated heterocycles. The highest BCUT2D eigenvalue weighted by molar-refractivity contribution is 5.68. The molecule has 1 fully saturated rings. The van der Waals surface area contributed by atoms with Crippen molar-refractivity contribution in [3.8, 4) is 0 Å². The Bertz CT molecular complexity index is 151. The number of carbonyl (C=O) groups is 1. The van der Waals surface area contributed by atoms with Crippen molar-refractivity contribution in [1.29, 1.82) is 0 Å². The third-order valence-corrected chi connectivity index (χ3v) is 1.61. The molecular weight excluding hydrogens is 134 g/mol. The van der Waals surface area contributed by atoms with Crippen molar-refractivity contribution in [2.24, 2.45) is 0 Å². The van der Waals surface area contributed by atoms with E-state index in [1.165, 1.54) is 0 Å². The number of rotatable bonds is 2. The van der Waals surface area contributed by atoms with E-state index in [-0.39, 0.29) is 6.42 Å². The molecule has 0 aliphatic carbocycles. The fourth-order valence-corrected chi connectivity index (χ4v) is 1.35. The molecule has 1 aliphatic rings. The number of hydrogen-bond donors (Lipinski definition) is 2. The number of carboxylic acids is 1. The number of carboxylic acid groups (broad SMARTS) is 1. The Morgan fingerprint density at radius 3 is 2.50 bits per heavy atom. The molecule has 0 bridgehead atoms. The number of aliphatic hydroxyl groups is 1. The predicted molar refractivity (Wildman–Crippen MR) is 34.7 cm³/mol. The fourth-order valence-electron chi connectivity index (χ4n) is 1.35. The van der Waals surface area contributed by atoms with Gasteiger partial charge in [-0.1, -0.05) is 0 Å². The van der Waals surface area contributed by atoms with Crippen LogP contribution < -0.4 is 0 Å². The molecule has 1 rings (SSSR count). The molecule has 0 amide bonds. The Kier molecular flexibility index (Phi) is 1.66. The molecule has 0 radical (unpaired) electrons. The van der Waals surface area contributed by atoms with Gasteiger partial charge in [0.2, 0.25) is 0 Å². The minimum Gasteiger partial charge on any atom is -0.481 e. The molecule has 0 aromatic carbocycles. The maximum absolute atomic E-state index is 10.1. The molecule has 10 heavy (non-hydrogen) atoms. The molecule has 0 spiro atoms. The summed E-state index contributed by atoms with van der Waals surface area (Å²) in [5, 5.41) is 17.7. The monoisotopic (exact) mass is 145 g/mol. The molecule has 1 heterocycles. The second kappa shape index (κ2) is 2.21. The molecule has 0 aromatic rings. The minimum absolute atomic E-state index is 0.142. The van der Waals surface area contributed by atoms with Crippen LogP contribution in [0, 0.1) is 0 Å². The summed E-state index contributed by atoms with van der Waals surface area (Å²) in [6, 6.07) is 0. The van der Waals surface area contributed by atoms with Gasteiger partial charge in [-0.15, -0.1) is 0 Å². The van der Waals surface area contributed by atoms with Gasteiger partial charge in [-0.25, -0.2) is 0 Å². The van der Waals surface area contributed by atoms with Crippen LogP contribution in [0.3, 0.4) is 0 Å². The highest BCUT2D eigenvalue weighted by Gasteiger charge is 2.40. The van der Waals surface area contributed by atoms with E-state index in [9.17, 15) is 9.90 Å². The van der Waals surface area contributed by atoms with E-state index in [4.69, 9.17) is 5.11 Å². The minimum atomic E-state index is -0.958. The molecule has 4 heteroatoms. The molecule has 0 atom stereocenters. The Morgan fingerprint density at radius 2 is 2.20 bits per heavy atom. The quantitative estimate of drug-likeness (QED) is 0.530. The third kappa shape index (κ3) is 1.46. The number of nitrogens with zero attached hydrogens (tertiary/aromatic N) is 1. The number of β-amino-alcohol motifs (C(OH)–C–C–N with tert-alkyl or cyclic N) is 1. The maximum atomic E-state index is 10.1. The maximum Gasteiger partial charge on any atom is 0.306 e. The van der Waals surface area contributed by atoms with Gasteiger partial charge in [0.05, 0.1) is 6.42 Å². The molecular formula is C6H11NO3. The third-order valence-electron chi connectivity index (χ3n) is 1.61. The molecule has 58 valence electrons. The van der Waals surface area contributed by atoms with Gasteiger partial charge in [0.25, 0.3) is 0 Å². The Labute approximate surface area is 59.1 Å². The molecule has 2 N–H and O–H groups in total. The molecule has 0 saturated carbocycles. The average Bonchev–Trinajstić information content (AvgIpc) is 1.57. The molecule has 1 aliphatic heterocycles.